The molecule has 0 spiro atoms. The van der Waals surface area contributed by atoms with Crippen molar-refractivity contribution in [3.8, 4) is 0 Å². The summed E-state index contributed by atoms with van der Waals surface area (Å²) in [5.41, 5.74) is 0.606. The summed E-state index contributed by atoms with van der Waals surface area (Å²) in [5.74, 6) is -0.649. The predicted molar refractivity (Wildman–Crippen MR) is 72.8 cm³/mol. The lowest BCUT2D eigenvalue weighted by atomic mass is 9.77. The van der Waals surface area contributed by atoms with Crippen LogP contribution in [0.3, 0.4) is 0 Å². The third-order valence-corrected chi connectivity index (χ3v) is 4.31. The van der Waals surface area contributed by atoms with Crippen molar-refractivity contribution in [2.75, 3.05) is 13.1 Å². The lowest BCUT2D eigenvalue weighted by Crippen LogP contribution is -2.47. The minimum absolute atomic E-state index is 0.560. The van der Waals surface area contributed by atoms with Crippen molar-refractivity contribution >= 4 is 5.97 Å². The molecule has 0 aliphatic carbocycles. The van der Waals surface area contributed by atoms with Crippen LogP contribution < -0.4 is 0 Å². The number of hydrogen-bond donors (Lipinski definition) is 1. The van der Waals surface area contributed by atoms with Crippen molar-refractivity contribution < 1.29 is 9.90 Å². The van der Waals surface area contributed by atoms with E-state index in [1.165, 1.54) is 5.69 Å². The van der Waals surface area contributed by atoms with E-state index in [2.05, 4.69) is 21.4 Å². The minimum Gasteiger partial charge on any atom is -0.481 e. The number of rotatable bonds is 5. The van der Waals surface area contributed by atoms with E-state index in [0.717, 1.165) is 32.5 Å². The third kappa shape index (κ3) is 2.81. The van der Waals surface area contributed by atoms with Crippen LogP contribution in [-0.2, 0) is 17.9 Å². The van der Waals surface area contributed by atoms with E-state index in [-0.39, 0.29) is 0 Å². The molecule has 1 saturated heterocycles. The Morgan fingerprint density at radius 2 is 2.32 bits per heavy atom. The first-order chi connectivity index (χ1) is 9.11. The number of carboxylic acid groups (broad SMARTS) is 1. The Labute approximate surface area is 114 Å². The van der Waals surface area contributed by atoms with Gasteiger partial charge in [0.25, 0.3) is 0 Å². The second-order valence-corrected chi connectivity index (χ2v) is 5.42. The molecule has 1 aliphatic rings. The summed E-state index contributed by atoms with van der Waals surface area (Å²) in [7, 11) is 0. The van der Waals surface area contributed by atoms with Gasteiger partial charge in [-0.1, -0.05) is 6.92 Å². The maximum atomic E-state index is 11.5. The number of nitrogens with zero attached hydrogens (tertiary/aromatic N) is 3. The summed E-state index contributed by atoms with van der Waals surface area (Å²) < 4.78 is 2.11. The van der Waals surface area contributed by atoms with Gasteiger partial charge in [0.1, 0.15) is 0 Å². The van der Waals surface area contributed by atoms with Crippen molar-refractivity contribution in [3.63, 3.8) is 0 Å². The van der Waals surface area contributed by atoms with Crippen molar-refractivity contribution in [1.29, 1.82) is 0 Å². The largest absolute Gasteiger partial charge is 0.481 e. The molecule has 0 radical (unpaired) electrons. The Morgan fingerprint density at radius 3 is 2.95 bits per heavy atom. The number of likely N-dealkylation sites (tertiary alicyclic amines) is 1. The molecule has 106 valence electrons. The van der Waals surface area contributed by atoms with E-state index >= 15 is 0 Å². The third-order valence-electron chi connectivity index (χ3n) is 4.31. The van der Waals surface area contributed by atoms with Gasteiger partial charge in [-0.25, -0.2) is 4.98 Å². The first kappa shape index (κ1) is 14.1. The van der Waals surface area contributed by atoms with Crippen LogP contribution in [0.1, 0.15) is 38.8 Å². The van der Waals surface area contributed by atoms with Gasteiger partial charge in [0.05, 0.1) is 17.4 Å². The number of aliphatic carboxylic acids is 1. The Bertz CT molecular complexity index is 444. The molecule has 1 aliphatic heterocycles. The van der Waals surface area contributed by atoms with Gasteiger partial charge in [0.15, 0.2) is 0 Å². The summed E-state index contributed by atoms with van der Waals surface area (Å²) in [6.07, 6.45) is 6.17. The molecule has 2 heterocycles. The molecular formula is C14H23N3O2. The highest BCUT2D eigenvalue weighted by Gasteiger charge is 2.40. The molecule has 5 heteroatoms. The molecule has 1 N–H and O–H groups in total. The summed E-state index contributed by atoms with van der Waals surface area (Å²) >= 11 is 0. The SMILES string of the molecule is CCn1cncc1CN1CCCC(CC)(C(=O)O)C1. The van der Waals surface area contributed by atoms with Crippen molar-refractivity contribution in [1.82, 2.24) is 14.5 Å². The first-order valence-electron chi connectivity index (χ1n) is 7.06. The van der Waals surface area contributed by atoms with Crippen LogP contribution in [-0.4, -0.2) is 38.6 Å². The van der Waals surface area contributed by atoms with Gasteiger partial charge in [0.2, 0.25) is 0 Å². The monoisotopic (exact) mass is 265 g/mol. The fourth-order valence-electron chi connectivity index (χ4n) is 2.97. The number of aromatic nitrogens is 2. The molecule has 1 aromatic heterocycles. The van der Waals surface area contributed by atoms with E-state index in [9.17, 15) is 9.90 Å². The summed E-state index contributed by atoms with van der Waals surface area (Å²) in [6, 6.07) is 0. The van der Waals surface area contributed by atoms with Crippen LogP contribution in [0.15, 0.2) is 12.5 Å². The second-order valence-electron chi connectivity index (χ2n) is 5.42. The van der Waals surface area contributed by atoms with Gasteiger partial charge in [-0.2, -0.15) is 0 Å². The highest BCUT2D eigenvalue weighted by atomic mass is 16.4. The van der Waals surface area contributed by atoms with Crippen LogP contribution in [0.2, 0.25) is 0 Å². The van der Waals surface area contributed by atoms with Crippen molar-refractivity contribution in [3.05, 3.63) is 18.2 Å². The number of imidazole rings is 1. The number of carbonyl (C=O) groups is 1. The van der Waals surface area contributed by atoms with Crippen LogP contribution >= 0.6 is 0 Å². The molecule has 0 aromatic carbocycles. The van der Waals surface area contributed by atoms with Crippen molar-refractivity contribution in [2.24, 2.45) is 5.41 Å². The van der Waals surface area contributed by atoms with Crippen LogP contribution in [0.4, 0.5) is 0 Å². The van der Waals surface area contributed by atoms with Gasteiger partial charge in [0, 0.05) is 25.8 Å². The van der Waals surface area contributed by atoms with Gasteiger partial charge >= 0.3 is 5.97 Å². The Kier molecular flexibility index (Phi) is 4.24. The Hall–Kier alpha value is -1.36. The fourth-order valence-corrected chi connectivity index (χ4v) is 2.97. The summed E-state index contributed by atoms with van der Waals surface area (Å²) in [6.45, 7) is 7.39. The van der Waals surface area contributed by atoms with Gasteiger partial charge in [-0.3, -0.25) is 9.69 Å². The van der Waals surface area contributed by atoms with Crippen LogP contribution in [0.5, 0.6) is 0 Å². The molecule has 19 heavy (non-hydrogen) atoms. The molecule has 0 saturated carbocycles. The van der Waals surface area contributed by atoms with E-state index in [0.29, 0.717) is 13.0 Å². The molecule has 1 aromatic rings. The first-order valence-corrected chi connectivity index (χ1v) is 7.06. The maximum Gasteiger partial charge on any atom is 0.310 e. The number of carboxylic acids is 1. The van der Waals surface area contributed by atoms with Crippen LogP contribution in [0, 0.1) is 5.41 Å². The van der Waals surface area contributed by atoms with E-state index in [1.54, 1.807) is 0 Å². The van der Waals surface area contributed by atoms with E-state index in [1.807, 2.05) is 19.4 Å². The van der Waals surface area contributed by atoms with E-state index in [4.69, 9.17) is 0 Å². The predicted octanol–water partition coefficient (Wildman–Crippen LogP) is 1.98. The highest BCUT2D eigenvalue weighted by Crippen LogP contribution is 2.34. The van der Waals surface area contributed by atoms with E-state index < -0.39 is 11.4 Å². The zero-order chi connectivity index (χ0) is 13.9. The average molecular weight is 265 g/mol. The van der Waals surface area contributed by atoms with Crippen LogP contribution in [0.25, 0.3) is 0 Å². The van der Waals surface area contributed by atoms with Gasteiger partial charge < -0.3 is 9.67 Å². The molecule has 1 fully saturated rings. The zero-order valence-electron chi connectivity index (χ0n) is 11.8. The molecular weight excluding hydrogens is 242 g/mol. The molecule has 5 nitrogen and oxygen atoms in total. The summed E-state index contributed by atoms with van der Waals surface area (Å²) in [5, 5.41) is 9.49. The Morgan fingerprint density at radius 1 is 1.53 bits per heavy atom. The standard InChI is InChI=1S/C14H23N3O2/c1-3-14(13(18)19)6-5-7-16(10-14)9-12-8-15-11-17(12)4-2/h8,11H,3-7,9-10H2,1-2H3,(H,18,19). The second kappa shape index (κ2) is 5.74. The quantitative estimate of drug-likeness (QED) is 0.884. The molecule has 2 rings (SSSR count). The topological polar surface area (TPSA) is 58.4 Å². The Balaban J connectivity index is 2.07. The van der Waals surface area contributed by atoms with Gasteiger partial charge in [-0.15, -0.1) is 0 Å². The molecule has 0 amide bonds. The molecule has 1 atom stereocenters. The number of piperidine rings is 1. The minimum atomic E-state index is -0.649. The zero-order valence-corrected chi connectivity index (χ0v) is 11.8. The number of hydrogen-bond acceptors (Lipinski definition) is 3. The lowest BCUT2D eigenvalue weighted by molar-refractivity contribution is -0.153. The van der Waals surface area contributed by atoms with Crippen molar-refractivity contribution in [2.45, 2.75) is 46.2 Å². The smallest absolute Gasteiger partial charge is 0.310 e. The normalized spacial score (nSPS) is 24.5. The summed E-state index contributed by atoms with van der Waals surface area (Å²) in [4.78, 5) is 18.0. The fraction of sp³-hybridized carbons (Fsp3) is 0.714. The van der Waals surface area contributed by atoms with Gasteiger partial charge in [-0.05, 0) is 32.7 Å². The molecule has 1 unspecified atom stereocenters. The lowest BCUT2D eigenvalue weighted by Gasteiger charge is -2.39. The average Bonchev–Trinajstić information content (AvgIpc) is 2.86. The maximum absolute atomic E-state index is 11.5. The number of aryl methyl sites for hydroxylation is 1. The molecule has 0 bridgehead atoms. The highest BCUT2D eigenvalue weighted by molar-refractivity contribution is 5.75.